The van der Waals surface area contributed by atoms with E-state index in [-0.39, 0.29) is 23.5 Å². The summed E-state index contributed by atoms with van der Waals surface area (Å²) < 4.78 is 35.0. The van der Waals surface area contributed by atoms with Gasteiger partial charge in [0.25, 0.3) is 0 Å². The molecule has 0 unspecified atom stereocenters. The number of aliphatic hydroxyl groups excluding tert-OH is 1. The number of aryl methyl sites for hydroxylation is 1. The highest BCUT2D eigenvalue weighted by atomic mass is 32.2. The van der Waals surface area contributed by atoms with Crippen molar-refractivity contribution >= 4 is 10.0 Å². The quantitative estimate of drug-likeness (QED) is 0.681. The van der Waals surface area contributed by atoms with Crippen LogP contribution in [0.5, 0.6) is 5.75 Å². The number of benzene rings is 2. The molecule has 3 rings (SSSR count). The van der Waals surface area contributed by atoms with Crippen molar-refractivity contribution in [2.24, 2.45) is 5.92 Å². The van der Waals surface area contributed by atoms with E-state index in [1.807, 2.05) is 50.2 Å². The molecule has 1 aliphatic rings. The number of aliphatic hydroxyl groups is 1. The lowest BCUT2D eigenvalue weighted by Gasteiger charge is -2.37. The number of sulfonamides is 1. The number of rotatable bonds is 7. The molecule has 0 aliphatic carbocycles. The minimum Gasteiger partial charge on any atom is -0.487 e. The minimum absolute atomic E-state index is 0.0470. The lowest BCUT2D eigenvalue weighted by Crippen LogP contribution is -2.49. The molecular weight excluding hydrogens is 424 g/mol. The molecule has 6 nitrogen and oxygen atoms in total. The molecule has 2 aromatic carbocycles. The summed E-state index contributed by atoms with van der Waals surface area (Å²) in [6.07, 6.45) is 0.857. The van der Waals surface area contributed by atoms with Crippen LogP contribution in [0.25, 0.3) is 11.1 Å². The average Bonchev–Trinajstić information content (AvgIpc) is 2.76. The van der Waals surface area contributed by atoms with Crippen LogP contribution < -0.4 is 4.74 Å². The van der Waals surface area contributed by atoms with Crippen molar-refractivity contribution in [3.05, 3.63) is 48.0 Å². The molecule has 1 aliphatic heterocycles. The van der Waals surface area contributed by atoms with Crippen LogP contribution in [0.3, 0.4) is 0 Å². The van der Waals surface area contributed by atoms with Gasteiger partial charge in [-0.05, 0) is 57.1 Å². The van der Waals surface area contributed by atoms with Gasteiger partial charge in [0.05, 0.1) is 6.61 Å². The molecule has 0 fully saturated rings. The van der Waals surface area contributed by atoms with Crippen molar-refractivity contribution in [1.82, 2.24) is 9.21 Å². The summed E-state index contributed by atoms with van der Waals surface area (Å²) in [6, 6.07) is 12.9. The maximum Gasteiger partial charge on any atom is 0.247 e. The normalized spacial score (nSPS) is 22.0. The van der Waals surface area contributed by atoms with E-state index in [1.165, 1.54) is 9.87 Å². The first-order chi connectivity index (χ1) is 15.2. The van der Waals surface area contributed by atoms with Gasteiger partial charge in [0, 0.05) is 25.0 Å². The summed E-state index contributed by atoms with van der Waals surface area (Å²) in [7, 11) is -1.76. The van der Waals surface area contributed by atoms with Crippen LogP contribution in [-0.4, -0.2) is 68.2 Å². The van der Waals surface area contributed by atoms with E-state index >= 15 is 0 Å². The Hall–Kier alpha value is -1.93. The summed E-state index contributed by atoms with van der Waals surface area (Å²) in [5.74, 6) is 0.328. The number of nitrogens with zero attached hydrogens (tertiary/aromatic N) is 2. The maximum atomic E-state index is 13.6. The fourth-order valence-corrected chi connectivity index (χ4v) is 5.98. The topological polar surface area (TPSA) is 70.1 Å². The fraction of sp³-hybridized carbons (Fsp3) is 0.520. The molecule has 0 spiro atoms. The van der Waals surface area contributed by atoms with Gasteiger partial charge in [-0.25, -0.2) is 8.42 Å². The van der Waals surface area contributed by atoms with E-state index in [0.717, 1.165) is 24.1 Å². The zero-order valence-corrected chi connectivity index (χ0v) is 20.6. The molecular formula is C25H36N2O4S. The average molecular weight is 461 g/mol. The van der Waals surface area contributed by atoms with E-state index in [0.29, 0.717) is 18.8 Å². The number of hydrogen-bond acceptors (Lipinski definition) is 5. The van der Waals surface area contributed by atoms with E-state index in [9.17, 15) is 13.5 Å². The Morgan fingerprint density at radius 1 is 1.19 bits per heavy atom. The third kappa shape index (κ3) is 5.34. The molecule has 0 amide bonds. The Bertz CT molecular complexity index is 1010. The molecule has 0 aromatic heterocycles. The van der Waals surface area contributed by atoms with Gasteiger partial charge in [0.15, 0.2) is 0 Å². The minimum atomic E-state index is -3.82. The number of likely N-dealkylation sites (N-methyl/N-ethyl adjacent to an activating group) is 1. The largest absolute Gasteiger partial charge is 0.487 e. The van der Waals surface area contributed by atoms with Gasteiger partial charge in [-0.2, -0.15) is 4.31 Å². The summed E-state index contributed by atoms with van der Waals surface area (Å²) in [5, 5.41) is 9.77. The maximum absolute atomic E-state index is 13.6. The predicted octanol–water partition coefficient (Wildman–Crippen LogP) is 3.77. The molecule has 0 bridgehead atoms. The Labute approximate surface area is 192 Å². The van der Waals surface area contributed by atoms with E-state index in [2.05, 4.69) is 18.9 Å². The highest BCUT2D eigenvalue weighted by Gasteiger charge is 2.38. The third-order valence-electron chi connectivity index (χ3n) is 6.15. The molecule has 1 N–H and O–H groups in total. The summed E-state index contributed by atoms with van der Waals surface area (Å²) in [4.78, 5) is 2.38. The Morgan fingerprint density at radius 2 is 1.84 bits per heavy atom. The van der Waals surface area contributed by atoms with Crippen molar-refractivity contribution in [3.63, 3.8) is 0 Å². The monoisotopic (exact) mass is 460 g/mol. The molecule has 2 aromatic rings. The van der Waals surface area contributed by atoms with Crippen molar-refractivity contribution in [2.75, 3.05) is 33.3 Å². The zero-order valence-electron chi connectivity index (χ0n) is 19.8. The van der Waals surface area contributed by atoms with E-state index in [1.54, 1.807) is 13.0 Å². The standard InChI is InChI=1S/C25H36N2O4S/c1-6-13-26(5)16-24-19(3)15-27(20(4)17-28)32(29,30)25-12-11-22(14-23(25)31-24)21-9-7-18(2)8-10-21/h7-12,14,19-20,24,28H,6,13,15-17H2,1-5H3/t19-,20+,24+/m0/s1. The summed E-state index contributed by atoms with van der Waals surface area (Å²) in [6.45, 7) is 9.65. The van der Waals surface area contributed by atoms with Gasteiger partial charge >= 0.3 is 0 Å². The molecule has 32 heavy (non-hydrogen) atoms. The van der Waals surface area contributed by atoms with Gasteiger partial charge in [-0.1, -0.05) is 49.7 Å². The number of hydrogen-bond donors (Lipinski definition) is 1. The first-order valence-electron chi connectivity index (χ1n) is 11.4. The molecule has 0 saturated heterocycles. The Morgan fingerprint density at radius 3 is 2.47 bits per heavy atom. The first kappa shape index (κ1) is 24.7. The molecule has 0 radical (unpaired) electrons. The zero-order chi connectivity index (χ0) is 23.5. The Kier molecular flexibility index (Phi) is 7.98. The van der Waals surface area contributed by atoms with Gasteiger partial charge in [0.2, 0.25) is 10.0 Å². The Balaban J connectivity index is 2.10. The number of ether oxygens (including phenoxy) is 1. The van der Waals surface area contributed by atoms with Crippen LogP contribution in [0.15, 0.2) is 47.4 Å². The fourth-order valence-electron chi connectivity index (χ4n) is 4.15. The van der Waals surface area contributed by atoms with Crippen LogP contribution in [0.4, 0.5) is 0 Å². The van der Waals surface area contributed by atoms with Gasteiger partial charge < -0.3 is 14.7 Å². The van der Waals surface area contributed by atoms with Crippen molar-refractivity contribution in [2.45, 2.75) is 51.2 Å². The van der Waals surface area contributed by atoms with E-state index < -0.39 is 16.1 Å². The van der Waals surface area contributed by atoms with Crippen molar-refractivity contribution in [3.8, 4) is 16.9 Å². The molecule has 1 heterocycles. The highest BCUT2D eigenvalue weighted by molar-refractivity contribution is 7.89. The molecule has 0 saturated carbocycles. The first-order valence-corrected chi connectivity index (χ1v) is 12.8. The van der Waals surface area contributed by atoms with Crippen LogP contribution >= 0.6 is 0 Å². The molecule has 3 atom stereocenters. The second-order valence-corrected chi connectivity index (χ2v) is 10.9. The van der Waals surface area contributed by atoms with Gasteiger partial charge in [-0.15, -0.1) is 0 Å². The van der Waals surface area contributed by atoms with Crippen LogP contribution in [-0.2, 0) is 10.0 Å². The van der Waals surface area contributed by atoms with Crippen LogP contribution in [0, 0.1) is 12.8 Å². The van der Waals surface area contributed by atoms with Crippen molar-refractivity contribution in [1.29, 1.82) is 0 Å². The smallest absolute Gasteiger partial charge is 0.247 e. The lowest BCUT2D eigenvalue weighted by molar-refractivity contribution is 0.0753. The predicted molar refractivity (Wildman–Crippen MR) is 128 cm³/mol. The summed E-state index contributed by atoms with van der Waals surface area (Å²) >= 11 is 0. The summed E-state index contributed by atoms with van der Waals surface area (Å²) in [5.41, 5.74) is 3.09. The SMILES string of the molecule is CCCN(C)C[C@H]1Oc2cc(-c3ccc(C)cc3)ccc2S(=O)(=O)N([C@H](C)CO)C[C@@H]1C. The van der Waals surface area contributed by atoms with Crippen molar-refractivity contribution < 1.29 is 18.3 Å². The van der Waals surface area contributed by atoms with E-state index in [4.69, 9.17) is 4.74 Å². The molecule has 7 heteroatoms. The second-order valence-electron chi connectivity index (χ2n) is 9.03. The van der Waals surface area contributed by atoms with Gasteiger partial charge in [-0.3, -0.25) is 0 Å². The third-order valence-corrected chi connectivity index (χ3v) is 8.17. The van der Waals surface area contributed by atoms with Gasteiger partial charge in [0.1, 0.15) is 16.7 Å². The highest BCUT2D eigenvalue weighted by Crippen LogP contribution is 2.36. The van der Waals surface area contributed by atoms with Crippen LogP contribution in [0.1, 0.15) is 32.8 Å². The number of fused-ring (bicyclic) bond motifs is 1. The lowest BCUT2D eigenvalue weighted by atomic mass is 10.0. The second kappa shape index (κ2) is 10.3. The van der Waals surface area contributed by atoms with Crippen LogP contribution in [0.2, 0.25) is 0 Å². The molecule has 176 valence electrons.